The molecule has 1 aliphatic heterocycles. The van der Waals surface area contributed by atoms with Crippen molar-refractivity contribution in [1.82, 2.24) is 15.3 Å². The van der Waals surface area contributed by atoms with Crippen LogP contribution in [0.4, 0.5) is 5.95 Å². The number of rotatable bonds is 2. The van der Waals surface area contributed by atoms with Gasteiger partial charge in [0, 0.05) is 12.6 Å². The molecule has 2 heterocycles. The van der Waals surface area contributed by atoms with Crippen molar-refractivity contribution in [2.24, 2.45) is 0 Å². The van der Waals surface area contributed by atoms with E-state index in [0.29, 0.717) is 11.0 Å². The summed E-state index contributed by atoms with van der Waals surface area (Å²) in [5.41, 5.74) is 5.43. The molecule has 0 aromatic carbocycles. The van der Waals surface area contributed by atoms with Crippen LogP contribution >= 0.6 is 11.6 Å². The third kappa shape index (κ3) is 2.24. The average Bonchev–Trinajstić information content (AvgIpc) is 2.54. The Kier molecular flexibility index (Phi) is 2.69. The van der Waals surface area contributed by atoms with Gasteiger partial charge in [0.2, 0.25) is 11.8 Å². The molecule has 0 amide bonds. The number of nitrogens with zero attached hydrogens (tertiary/aromatic N) is 2. The fraction of sp³-hybridized carbons (Fsp3) is 0.500. The van der Waals surface area contributed by atoms with Crippen molar-refractivity contribution in [3.05, 3.63) is 11.2 Å². The number of ether oxygens (including phenoxy) is 1. The molecule has 14 heavy (non-hydrogen) atoms. The van der Waals surface area contributed by atoms with Crippen LogP contribution in [0.2, 0.25) is 5.15 Å². The Morgan fingerprint density at radius 3 is 3.07 bits per heavy atom. The number of hydrogen-bond donors (Lipinski definition) is 2. The highest BCUT2D eigenvalue weighted by atomic mass is 35.5. The largest absolute Gasteiger partial charge is 0.473 e. The van der Waals surface area contributed by atoms with Crippen molar-refractivity contribution in [2.75, 3.05) is 18.8 Å². The summed E-state index contributed by atoms with van der Waals surface area (Å²) < 4.78 is 5.56. The predicted molar refractivity (Wildman–Crippen MR) is 53.4 cm³/mol. The molecule has 2 rings (SSSR count). The van der Waals surface area contributed by atoms with Gasteiger partial charge in [-0.25, -0.2) is 4.98 Å². The molecular weight excluding hydrogens is 204 g/mol. The first-order chi connectivity index (χ1) is 6.74. The minimum Gasteiger partial charge on any atom is -0.473 e. The molecule has 1 fully saturated rings. The maximum atomic E-state index is 5.71. The maximum Gasteiger partial charge on any atom is 0.224 e. The van der Waals surface area contributed by atoms with E-state index in [1.165, 1.54) is 0 Å². The standard InChI is InChI=1S/C8H11ClN4O/c9-6-3-7(13-8(10)12-6)14-5-1-2-11-4-5/h3,5,11H,1-2,4H2,(H2,10,12,13). The fourth-order valence-electron chi connectivity index (χ4n) is 1.37. The van der Waals surface area contributed by atoms with Gasteiger partial charge in [0.05, 0.1) is 0 Å². The Morgan fingerprint density at radius 1 is 1.57 bits per heavy atom. The Bertz CT molecular complexity index is 307. The van der Waals surface area contributed by atoms with Crippen molar-refractivity contribution in [3.63, 3.8) is 0 Å². The van der Waals surface area contributed by atoms with Crippen molar-refractivity contribution >= 4 is 17.5 Å². The molecule has 1 saturated heterocycles. The SMILES string of the molecule is Nc1nc(Cl)cc(OC2CCNC2)n1. The second kappa shape index (κ2) is 3.98. The van der Waals surface area contributed by atoms with Gasteiger partial charge < -0.3 is 15.8 Å². The smallest absolute Gasteiger partial charge is 0.224 e. The average molecular weight is 215 g/mol. The summed E-state index contributed by atoms with van der Waals surface area (Å²) in [6, 6.07) is 1.57. The maximum absolute atomic E-state index is 5.71. The number of anilines is 1. The van der Waals surface area contributed by atoms with Gasteiger partial charge in [0.15, 0.2) is 0 Å². The molecular formula is C8H11ClN4O. The Balaban J connectivity index is 2.07. The van der Waals surface area contributed by atoms with Gasteiger partial charge in [-0.3, -0.25) is 0 Å². The molecule has 76 valence electrons. The first kappa shape index (κ1) is 9.48. The molecule has 6 heteroatoms. The van der Waals surface area contributed by atoms with Crippen LogP contribution in [0.25, 0.3) is 0 Å². The van der Waals surface area contributed by atoms with E-state index in [4.69, 9.17) is 22.1 Å². The quantitative estimate of drug-likeness (QED) is 0.700. The van der Waals surface area contributed by atoms with Gasteiger partial charge in [-0.05, 0) is 13.0 Å². The van der Waals surface area contributed by atoms with E-state index in [-0.39, 0.29) is 12.1 Å². The number of nitrogen functional groups attached to an aromatic ring is 1. The van der Waals surface area contributed by atoms with Crippen molar-refractivity contribution in [1.29, 1.82) is 0 Å². The van der Waals surface area contributed by atoms with Crippen molar-refractivity contribution < 1.29 is 4.74 Å². The van der Waals surface area contributed by atoms with E-state index in [9.17, 15) is 0 Å². The molecule has 0 radical (unpaired) electrons. The van der Waals surface area contributed by atoms with Gasteiger partial charge in [-0.2, -0.15) is 4.98 Å². The lowest BCUT2D eigenvalue weighted by molar-refractivity contribution is 0.214. The summed E-state index contributed by atoms with van der Waals surface area (Å²) in [4.78, 5) is 7.68. The number of nitrogens with one attached hydrogen (secondary N) is 1. The molecule has 0 spiro atoms. The van der Waals surface area contributed by atoms with E-state index >= 15 is 0 Å². The van der Waals surface area contributed by atoms with E-state index < -0.39 is 0 Å². The highest BCUT2D eigenvalue weighted by molar-refractivity contribution is 6.29. The van der Waals surface area contributed by atoms with Gasteiger partial charge >= 0.3 is 0 Å². The van der Waals surface area contributed by atoms with Crippen LogP contribution in [0, 0.1) is 0 Å². The molecule has 1 atom stereocenters. The van der Waals surface area contributed by atoms with Gasteiger partial charge in [0.25, 0.3) is 0 Å². The van der Waals surface area contributed by atoms with Crippen molar-refractivity contribution in [2.45, 2.75) is 12.5 Å². The highest BCUT2D eigenvalue weighted by Gasteiger charge is 2.16. The summed E-state index contributed by atoms with van der Waals surface area (Å²) in [5, 5.41) is 3.49. The van der Waals surface area contributed by atoms with Crippen LogP contribution in [-0.2, 0) is 0 Å². The molecule has 0 saturated carbocycles. The molecule has 1 aromatic rings. The molecule has 1 unspecified atom stereocenters. The normalized spacial score (nSPS) is 21.1. The minimum absolute atomic E-state index is 0.137. The second-order valence-electron chi connectivity index (χ2n) is 3.12. The van der Waals surface area contributed by atoms with Crippen LogP contribution in [0.3, 0.4) is 0 Å². The molecule has 3 N–H and O–H groups in total. The van der Waals surface area contributed by atoms with E-state index in [2.05, 4.69) is 15.3 Å². The van der Waals surface area contributed by atoms with E-state index in [1.54, 1.807) is 6.07 Å². The number of aromatic nitrogens is 2. The molecule has 1 aromatic heterocycles. The lowest BCUT2D eigenvalue weighted by Crippen LogP contribution is -2.20. The molecule has 5 nitrogen and oxygen atoms in total. The number of hydrogen-bond acceptors (Lipinski definition) is 5. The third-order valence-electron chi connectivity index (χ3n) is 1.99. The molecule has 0 bridgehead atoms. The molecule has 0 aliphatic carbocycles. The highest BCUT2D eigenvalue weighted by Crippen LogP contribution is 2.17. The van der Waals surface area contributed by atoms with E-state index in [0.717, 1.165) is 19.5 Å². The van der Waals surface area contributed by atoms with Crippen LogP contribution < -0.4 is 15.8 Å². The third-order valence-corrected chi connectivity index (χ3v) is 2.18. The van der Waals surface area contributed by atoms with E-state index in [1.807, 2.05) is 0 Å². The molecule has 1 aliphatic rings. The Morgan fingerprint density at radius 2 is 2.43 bits per heavy atom. The topological polar surface area (TPSA) is 73.1 Å². The predicted octanol–water partition coefficient (Wildman–Crippen LogP) is 0.453. The van der Waals surface area contributed by atoms with Gasteiger partial charge in [-0.1, -0.05) is 11.6 Å². The summed E-state index contributed by atoms with van der Waals surface area (Å²) in [7, 11) is 0. The second-order valence-corrected chi connectivity index (χ2v) is 3.51. The first-order valence-electron chi connectivity index (χ1n) is 4.41. The summed E-state index contributed by atoms with van der Waals surface area (Å²) in [6.45, 7) is 1.81. The minimum atomic E-state index is 0.137. The van der Waals surface area contributed by atoms with Gasteiger partial charge in [-0.15, -0.1) is 0 Å². The van der Waals surface area contributed by atoms with Crippen LogP contribution in [-0.4, -0.2) is 29.2 Å². The van der Waals surface area contributed by atoms with Crippen LogP contribution in [0.5, 0.6) is 5.88 Å². The summed E-state index contributed by atoms with van der Waals surface area (Å²) in [6.07, 6.45) is 1.13. The fourth-order valence-corrected chi connectivity index (χ4v) is 1.55. The zero-order valence-corrected chi connectivity index (χ0v) is 8.29. The number of nitrogens with two attached hydrogens (primary N) is 1. The van der Waals surface area contributed by atoms with Crippen LogP contribution in [0.15, 0.2) is 6.07 Å². The van der Waals surface area contributed by atoms with Crippen molar-refractivity contribution in [3.8, 4) is 5.88 Å². The summed E-state index contributed by atoms with van der Waals surface area (Å²) in [5.74, 6) is 0.578. The lowest BCUT2D eigenvalue weighted by Gasteiger charge is -2.11. The summed E-state index contributed by atoms with van der Waals surface area (Å²) >= 11 is 5.71. The monoisotopic (exact) mass is 214 g/mol. The van der Waals surface area contributed by atoms with Crippen LogP contribution in [0.1, 0.15) is 6.42 Å². The Labute approximate surface area is 86.6 Å². The number of halogens is 1. The zero-order chi connectivity index (χ0) is 9.97. The zero-order valence-electron chi connectivity index (χ0n) is 7.53. The van der Waals surface area contributed by atoms with Gasteiger partial charge in [0.1, 0.15) is 11.3 Å². The Hall–Kier alpha value is -1.07. The first-order valence-corrected chi connectivity index (χ1v) is 4.79. The lowest BCUT2D eigenvalue weighted by atomic mass is 10.3.